The molecule has 0 aromatic carbocycles. The van der Waals surface area contributed by atoms with Gasteiger partial charge in [0.15, 0.2) is 0 Å². The van der Waals surface area contributed by atoms with Crippen LogP contribution in [-0.4, -0.2) is 57.4 Å². The van der Waals surface area contributed by atoms with E-state index in [9.17, 15) is 15.0 Å². The van der Waals surface area contributed by atoms with Crippen molar-refractivity contribution >= 4 is 5.97 Å². The molecule has 6 heteroatoms. The molecule has 32 heavy (non-hydrogen) atoms. The van der Waals surface area contributed by atoms with Crippen molar-refractivity contribution in [2.75, 3.05) is 0 Å². The van der Waals surface area contributed by atoms with E-state index in [0.29, 0.717) is 12.8 Å². The van der Waals surface area contributed by atoms with Crippen molar-refractivity contribution in [3.8, 4) is 0 Å². The van der Waals surface area contributed by atoms with Gasteiger partial charge in [0.25, 0.3) is 0 Å². The zero-order valence-corrected chi connectivity index (χ0v) is 20.6. The highest BCUT2D eigenvalue weighted by atomic mass is 16.6. The molecule has 0 aromatic rings. The van der Waals surface area contributed by atoms with Crippen molar-refractivity contribution in [2.45, 2.75) is 128 Å². The number of ether oxygens (including phenoxy) is 3. The Balaban J connectivity index is 1.85. The lowest BCUT2D eigenvalue weighted by molar-refractivity contribution is -0.146. The predicted octanol–water partition coefficient (Wildman–Crippen LogP) is 4.23. The fourth-order valence-corrected chi connectivity index (χ4v) is 5.51. The van der Waals surface area contributed by atoms with Crippen LogP contribution in [0.3, 0.4) is 0 Å². The van der Waals surface area contributed by atoms with Crippen molar-refractivity contribution in [1.29, 1.82) is 0 Å². The van der Waals surface area contributed by atoms with Crippen molar-refractivity contribution in [3.05, 3.63) is 23.8 Å². The molecule has 0 aromatic heterocycles. The van der Waals surface area contributed by atoms with Gasteiger partial charge < -0.3 is 24.4 Å². The van der Waals surface area contributed by atoms with Gasteiger partial charge in [0.05, 0.1) is 35.1 Å². The van der Waals surface area contributed by atoms with Gasteiger partial charge in [-0.1, -0.05) is 31.9 Å². The molecule has 8 atom stereocenters. The monoisotopic (exact) mass is 450 g/mol. The van der Waals surface area contributed by atoms with E-state index >= 15 is 0 Å². The molecule has 2 bridgehead atoms. The van der Waals surface area contributed by atoms with Gasteiger partial charge in [-0.3, -0.25) is 0 Å². The average Bonchev–Trinajstić information content (AvgIpc) is 3.13. The van der Waals surface area contributed by atoms with Crippen molar-refractivity contribution in [2.24, 2.45) is 5.92 Å². The maximum absolute atomic E-state index is 12.6. The van der Waals surface area contributed by atoms with Crippen LogP contribution in [0.1, 0.15) is 86.5 Å². The molecule has 0 radical (unpaired) electrons. The second-order valence-corrected chi connectivity index (χ2v) is 11.1. The summed E-state index contributed by atoms with van der Waals surface area (Å²) in [6, 6.07) is 0. The van der Waals surface area contributed by atoms with Gasteiger partial charge in [-0.05, 0) is 53.0 Å². The lowest BCUT2D eigenvalue weighted by Crippen LogP contribution is -2.40. The summed E-state index contributed by atoms with van der Waals surface area (Å²) < 4.78 is 18.4. The maximum Gasteiger partial charge on any atom is 0.330 e. The molecule has 3 heterocycles. The predicted molar refractivity (Wildman–Crippen MR) is 123 cm³/mol. The van der Waals surface area contributed by atoms with E-state index in [-0.39, 0.29) is 36.3 Å². The summed E-state index contributed by atoms with van der Waals surface area (Å²) in [7, 11) is 0. The van der Waals surface area contributed by atoms with Gasteiger partial charge in [-0.25, -0.2) is 4.79 Å². The first kappa shape index (κ1) is 25.4. The molecule has 0 aliphatic carbocycles. The molecule has 3 aliphatic rings. The third kappa shape index (κ3) is 6.22. The fourth-order valence-electron chi connectivity index (χ4n) is 5.51. The Bertz CT molecular complexity index is 739. The van der Waals surface area contributed by atoms with E-state index in [1.807, 2.05) is 0 Å². The number of carbonyl (C=O) groups excluding carboxylic acids is 1. The Morgan fingerprint density at radius 1 is 1.09 bits per heavy atom. The number of aliphatic hydroxyl groups is 2. The normalized spacial score (nSPS) is 48.6. The maximum atomic E-state index is 12.6. The van der Waals surface area contributed by atoms with Gasteiger partial charge >= 0.3 is 5.97 Å². The lowest BCUT2D eigenvalue weighted by atomic mass is 9.86. The van der Waals surface area contributed by atoms with Gasteiger partial charge in [-0.15, -0.1) is 0 Å². The van der Waals surface area contributed by atoms with Crippen molar-refractivity contribution in [1.82, 2.24) is 0 Å². The molecule has 0 saturated carbocycles. The van der Waals surface area contributed by atoms with E-state index < -0.39 is 23.3 Å². The van der Waals surface area contributed by atoms with Crippen LogP contribution in [0, 0.1) is 5.92 Å². The van der Waals surface area contributed by atoms with Crippen LogP contribution in [0.2, 0.25) is 0 Å². The third-order valence-corrected chi connectivity index (χ3v) is 7.31. The quantitative estimate of drug-likeness (QED) is 0.484. The van der Waals surface area contributed by atoms with Crippen LogP contribution in [-0.2, 0) is 19.0 Å². The summed E-state index contributed by atoms with van der Waals surface area (Å²) in [6.07, 6.45) is 8.83. The molecule has 2 saturated heterocycles. The summed E-state index contributed by atoms with van der Waals surface area (Å²) in [5.74, 6) is -0.335. The van der Waals surface area contributed by atoms with E-state index in [1.165, 1.54) is 17.7 Å². The SMILES string of the molecule is CCC[C@]1(C)C[C@H]2OC(=O)/C=C/[C@@](C)(O)CC3O[C@H](C[C@@]3(C)O)[C@H](C)/C=C(\C)CC[C@@H]2O1. The number of allylic oxidation sites excluding steroid dienone is 1. The first-order chi connectivity index (χ1) is 14.8. The van der Waals surface area contributed by atoms with Crippen LogP contribution in [0.4, 0.5) is 0 Å². The molecular weight excluding hydrogens is 408 g/mol. The minimum Gasteiger partial charge on any atom is -0.456 e. The Kier molecular flexibility index (Phi) is 7.60. The summed E-state index contributed by atoms with van der Waals surface area (Å²) in [5, 5.41) is 21.8. The van der Waals surface area contributed by atoms with Gasteiger partial charge in [0, 0.05) is 31.3 Å². The zero-order valence-electron chi connectivity index (χ0n) is 20.6. The van der Waals surface area contributed by atoms with Gasteiger partial charge in [-0.2, -0.15) is 0 Å². The molecule has 2 fully saturated rings. The summed E-state index contributed by atoms with van der Waals surface area (Å²) in [6.45, 7) is 11.8. The highest BCUT2D eigenvalue weighted by Crippen LogP contribution is 2.40. The molecule has 2 N–H and O–H groups in total. The largest absolute Gasteiger partial charge is 0.456 e. The third-order valence-electron chi connectivity index (χ3n) is 7.31. The lowest BCUT2D eigenvalue weighted by Gasteiger charge is -2.30. The van der Waals surface area contributed by atoms with Gasteiger partial charge in [0.2, 0.25) is 0 Å². The summed E-state index contributed by atoms with van der Waals surface area (Å²) >= 11 is 0. The van der Waals surface area contributed by atoms with E-state index in [2.05, 4.69) is 33.8 Å². The number of fused-ring (bicyclic) bond motifs is 3. The average molecular weight is 451 g/mol. The van der Waals surface area contributed by atoms with Crippen LogP contribution >= 0.6 is 0 Å². The number of carbonyl (C=O) groups is 1. The number of hydrogen-bond acceptors (Lipinski definition) is 6. The minimum atomic E-state index is -1.31. The van der Waals surface area contributed by atoms with Crippen LogP contribution in [0.5, 0.6) is 0 Å². The summed E-state index contributed by atoms with van der Waals surface area (Å²) in [4.78, 5) is 12.6. The Labute approximate surface area is 193 Å². The molecular formula is C26H42O6. The second kappa shape index (κ2) is 9.57. The molecule has 0 amide bonds. The smallest absolute Gasteiger partial charge is 0.330 e. The highest BCUT2D eigenvalue weighted by molar-refractivity contribution is 5.82. The zero-order chi connectivity index (χ0) is 23.7. The Morgan fingerprint density at radius 3 is 2.50 bits per heavy atom. The highest BCUT2D eigenvalue weighted by Gasteiger charge is 2.47. The van der Waals surface area contributed by atoms with Crippen LogP contribution in [0.15, 0.2) is 23.8 Å². The first-order valence-corrected chi connectivity index (χ1v) is 12.2. The molecule has 1 unspecified atom stereocenters. The van der Waals surface area contributed by atoms with Crippen molar-refractivity contribution < 1.29 is 29.2 Å². The van der Waals surface area contributed by atoms with Gasteiger partial charge in [0.1, 0.15) is 6.10 Å². The molecule has 6 nitrogen and oxygen atoms in total. The minimum absolute atomic E-state index is 0.120. The Morgan fingerprint density at radius 2 is 1.81 bits per heavy atom. The van der Waals surface area contributed by atoms with E-state index in [4.69, 9.17) is 14.2 Å². The molecule has 182 valence electrons. The number of esters is 1. The van der Waals surface area contributed by atoms with Crippen molar-refractivity contribution in [3.63, 3.8) is 0 Å². The summed E-state index contributed by atoms with van der Waals surface area (Å²) in [5.41, 5.74) is -1.40. The van der Waals surface area contributed by atoms with Crippen LogP contribution in [0.25, 0.3) is 0 Å². The van der Waals surface area contributed by atoms with E-state index in [0.717, 1.165) is 25.7 Å². The first-order valence-electron chi connectivity index (χ1n) is 12.2. The molecule has 3 rings (SSSR count). The second-order valence-electron chi connectivity index (χ2n) is 11.1. The number of hydrogen-bond donors (Lipinski definition) is 2. The Hall–Kier alpha value is -1.21. The van der Waals surface area contributed by atoms with E-state index in [1.54, 1.807) is 13.8 Å². The van der Waals surface area contributed by atoms with Crippen LogP contribution < -0.4 is 0 Å². The molecule has 3 aliphatic heterocycles. The molecule has 0 spiro atoms. The topological polar surface area (TPSA) is 85.2 Å². The number of rotatable bonds is 2. The fraction of sp³-hybridized carbons (Fsp3) is 0.808. The standard InChI is InChI=1S/C26H42O6/c1-7-11-25(5)14-21-19(32-25)9-8-17(2)13-18(3)20-15-26(6,29)22(30-20)16-24(4,28)12-10-23(27)31-21/h10,12-13,18-22,28-29H,7-9,11,14-16H2,1-6H3/b12-10+,17-13+/t18-,19+,20-,21-,22?,24-,25-,26-/m1/s1.